The molecule has 1 aliphatic rings. The average molecular weight is 338 g/mol. The van der Waals surface area contributed by atoms with E-state index in [9.17, 15) is 9.59 Å². The number of hydrogen-bond acceptors (Lipinski definition) is 4. The van der Waals surface area contributed by atoms with Crippen molar-refractivity contribution >= 4 is 11.9 Å². The molecule has 0 aromatic heterocycles. The summed E-state index contributed by atoms with van der Waals surface area (Å²) in [5, 5.41) is 0. The Morgan fingerprint density at radius 2 is 1.29 bits per heavy atom. The number of rotatable bonds is 8. The van der Waals surface area contributed by atoms with Gasteiger partial charge in [0.25, 0.3) is 0 Å². The summed E-state index contributed by atoms with van der Waals surface area (Å²) in [4.78, 5) is 25.4. The Labute approximate surface area is 147 Å². The van der Waals surface area contributed by atoms with E-state index in [0.29, 0.717) is 24.4 Å². The minimum atomic E-state index is -0.359. The van der Waals surface area contributed by atoms with Crippen LogP contribution in [0.2, 0.25) is 0 Å². The van der Waals surface area contributed by atoms with E-state index in [-0.39, 0.29) is 35.6 Å². The molecule has 0 amide bonds. The maximum atomic E-state index is 12.7. The van der Waals surface area contributed by atoms with Gasteiger partial charge in [0.1, 0.15) is 0 Å². The summed E-state index contributed by atoms with van der Waals surface area (Å²) < 4.78 is 10.9. The van der Waals surface area contributed by atoms with Crippen LogP contribution in [0.1, 0.15) is 67.2 Å². The molecule has 0 bridgehead atoms. The van der Waals surface area contributed by atoms with Crippen LogP contribution in [0.15, 0.2) is 11.1 Å². The SMILES string of the molecule is CC(C)COC(=O)/C(=C(\C(=O)OCC(C)C)C1CCCC1)C(C)C. The van der Waals surface area contributed by atoms with Crippen molar-refractivity contribution in [1.82, 2.24) is 0 Å². The predicted molar refractivity (Wildman–Crippen MR) is 95.4 cm³/mol. The zero-order valence-corrected chi connectivity index (χ0v) is 16.2. The molecule has 138 valence electrons. The van der Waals surface area contributed by atoms with Crippen molar-refractivity contribution in [2.75, 3.05) is 13.2 Å². The molecule has 0 atom stereocenters. The minimum Gasteiger partial charge on any atom is -0.462 e. The number of esters is 2. The van der Waals surface area contributed by atoms with Crippen LogP contribution >= 0.6 is 0 Å². The molecule has 0 heterocycles. The standard InChI is InChI=1S/C20H34O4/c1-13(2)11-23-19(21)17(15(5)6)18(16-9-7-8-10-16)20(22)24-12-14(3)4/h13-16H,7-12H2,1-6H3/b18-17-. The van der Waals surface area contributed by atoms with Crippen LogP contribution in [0, 0.1) is 23.7 Å². The highest BCUT2D eigenvalue weighted by molar-refractivity contribution is 6.01. The van der Waals surface area contributed by atoms with Gasteiger partial charge in [-0.2, -0.15) is 0 Å². The van der Waals surface area contributed by atoms with E-state index in [4.69, 9.17) is 9.47 Å². The molecule has 0 N–H and O–H groups in total. The first-order valence-corrected chi connectivity index (χ1v) is 9.32. The lowest BCUT2D eigenvalue weighted by atomic mass is 9.87. The van der Waals surface area contributed by atoms with Gasteiger partial charge < -0.3 is 9.47 Å². The molecule has 0 aromatic carbocycles. The highest BCUT2D eigenvalue weighted by Gasteiger charge is 2.33. The van der Waals surface area contributed by atoms with Crippen LogP contribution < -0.4 is 0 Å². The first kappa shape index (κ1) is 20.7. The highest BCUT2D eigenvalue weighted by atomic mass is 16.5. The predicted octanol–water partition coefficient (Wildman–Crippen LogP) is 4.53. The quantitative estimate of drug-likeness (QED) is 0.482. The van der Waals surface area contributed by atoms with Crippen LogP contribution in [0.5, 0.6) is 0 Å². The summed E-state index contributed by atoms with van der Waals surface area (Å²) in [7, 11) is 0. The molecule has 0 radical (unpaired) electrons. The van der Waals surface area contributed by atoms with Gasteiger partial charge in [-0.25, -0.2) is 9.59 Å². The fourth-order valence-electron chi connectivity index (χ4n) is 3.01. The summed E-state index contributed by atoms with van der Waals surface area (Å²) in [6.07, 6.45) is 4.08. The maximum absolute atomic E-state index is 12.7. The van der Waals surface area contributed by atoms with E-state index < -0.39 is 0 Å². The summed E-state index contributed by atoms with van der Waals surface area (Å²) in [5.41, 5.74) is 1.08. The maximum Gasteiger partial charge on any atom is 0.334 e. The largest absolute Gasteiger partial charge is 0.462 e. The summed E-state index contributed by atoms with van der Waals surface area (Å²) >= 11 is 0. The molecule has 0 aromatic rings. The second-order valence-electron chi connectivity index (χ2n) is 7.95. The van der Waals surface area contributed by atoms with Crippen LogP contribution in [0.4, 0.5) is 0 Å². The van der Waals surface area contributed by atoms with E-state index in [1.165, 1.54) is 0 Å². The molecule has 0 unspecified atom stereocenters. The van der Waals surface area contributed by atoms with E-state index in [1.54, 1.807) is 0 Å². The van der Waals surface area contributed by atoms with Gasteiger partial charge in [0, 0.05) is 0 Å². The van der Waals surface area contributed by atoms with Gasteiger partial charge in [0.05, 0.1) is 24.4 Å². The summed E-state index contributed by atoms with van der Waals surface area (Å²) in [6, 6.07) is 0. The molecule has 0 saturated heterocycles. The van der Waals surface area contributed by atoms with Crippen LogP contribution in [0.3, 0.4) is 0 Å². The van der Waals surface area contributed by atoms with Gasteiger partial charge in [-0.05, 0) is 36.5 Å². The van der Waals surface area contributed by atoms with Crippen molar-refractivity contribution in [3.63, 3.8) is 0 Å². The molecule has 24 heavy (non-hydrogen) atoms. The molecule has 1 aliphatic carbocycles. The molecule has 1 fully saturated rings. The van der Waals surface area contributed by atoms with Gasteiger partial charge in [0.2, 0.25) is 0 Å². The van der Waals surface area contributed by atoms with Gasteiger partial charge in [-0.15, -0.1) is 0 Å². The number of hydrogen-bond donors (Lipinski definition) is 0. The van der Waals surface area contributed by atoms with Crippen molar-refractivity contribution in [2.45, 2.75) is 67.2 Å². The Balaban J connectivity index is 3.13. The van der Waals surface area contributed by atoms with E-state index in [0.717, 1.165) is 25.7 Å². The third-order valence-electron chi connectivity index (χ3n) is 4.17. The molecule has 0 spiro atoms. The number of carbonyl (C=O) groups is 2. The highest BCUT2D eigenvalue weighted by Crippen LogP contribution is 2.35. The number of carbonyl (C=O) groups excluding carboxylic acids is 2. The molecule has 1 saturated carbocycles. The summed E-state index contributed by atoms with van der Waals surface area (Å²) in [6.45, 7) is 12.6. The zero-order chi connectivity index (χ0) is 18.3. The molecular formula is C20H34O4. The van der Waals surface area contributed by atoms with E-state index >= 15 is 0 Å². The third-order valence-corrected chi connectivity index (χ3v) is 4.17. The fraction of sp³-hybridized carbons (Fsp3) is 0.800. The van der Waals surface area contributed by atoms with Gasteiger partial charge in [0.15, 0.2) is 0 Å². The first-order valence-electron chi connectivity index (χ1n) is 9.32. The Kier molecular flexibility index (Phi) is 8.51. The second kappa shape index (κ2) is 9.85. The molecular weight excluding hydrogens is 304 g/mol. The lowest BCUT2D eigenvalue weighted by Crippen LogP contribution is -2.25. The summed E-state index contributed by atoms with van der Waals surface area (Å²) in [5.74, 6) is -0.0947. The normalized spacial score (nSPS) is 16.7. The molecule has 0 aliphatic heterocycles. The molecule has 4 nitrogen and oxygen atoms in total. The number of ether oxygens (including phenoxy) is 2. The fourth-order valence-corrected chi connectivity index (χ4v) is 3.01. The Morgan fingerprint density at radius 3 is 1.71 bits per heavy atom. The van der Waals surface area contributed by atoms with Crippen molar-refractivity contribution in [3.8, 4) is 0 Å². The van der Waals surface area contributed by atoms with Crippen LogP contribution in [-0.2, 0) is 19.1 Å². The van der Waals surface area contributed by atoms with E-state index in [1.807, 2.05) is 41.5 Å². The van der Waals surface area contributed by atoms with E-state index in [2.05, 4.69) is 0 Å². The average Bonchev–Trinajstić information content (AvgIpc) is 3.01. The topological polar surface area (TPSA) is 52.6 Å². The van der Waals surface area contributed by atoms with Crippen LogP contribution in [0.25, 0.3) is 0 Å². The monoisotopic (exact) mass is 338 g/mol. The van der Waals surface area contributed by atoms with Gasteiger partial charge in [-0.1, -0.05) is 54.4 Å². The minimum absolute atomic E-state index is 0.0631. The lowest BCUT2D eigenvalue weighted by molar-refractivity contribution is -0.144. The van der Waals surface area contributed by atoms with Crippen molar-refractivity contribution < 1.29 is 19.1 Å². The Bertz CT molecular complexity index is 454. The first-order chi connectivity index (χ1) is 11.2. The molecule has 4 heteroatoms. The second-order valence-corrected chi connectivity index (χ2v) is 7.95. The van der Waals surface area contributed by atoms with Crippen molar-refractivity contribution in [3.05, 3.63) is 11.1 Å². The van der Waals surface area contributed by atoms with Gasteiger partial charge in [-0.3, -0.25) is 0 Å². The molecule has 1 rings (SSSR count). The van der Waals surface area contributed by atoms with Crippen molar-refractivity contribution in [2.24, 2.45) is 23.7 Å². The van der Waals surface area contributed by atoms with Crippen LogP contribution in [-0.4, -0.2) is 25.2 Å². The Hall–Kier alpha value is -1.32. The third kappa shape index (κ3) is 6.29. The zero-order valence-electron chi connectivity index (χ0n) is 16.2. The lowest BCUT2D eigenvalue weighted by Gasteiger charge is -2.21. The smallest absolute Gasteiger partial charge is 0.334 e. The van der Waals surface area contributed by atoms with Crippen molar-refractivity contribution in [1.29, 1.82) is 0 Å². The Morgan fingerprint density at radius 1 is 0.833 bits per heavy atom. The van der Waals surface area contributed by atoms with Gasteiger partial charge >= 0.3 is 11.9 Å².